The molecule has 1 fully saturated rings. The lowest BCUT2D eigenvalue weighted by atomic mass is 10.0. The molecule has 2 heterocycles. The zero-order chi connectivity index (χ0) is 15.0. The van der Waals surface area contributed by atoms with Gasteiger partial charge in [-0.1, -0.05) is 23.5 Å². The Labute approximate surface area is 128 Å². The fourth-order valence-electron chi connectivity index (χ4n) is 3.13. The minimum Gasteiger partial charge on any atom is -0.338 e. The zero-order valence-electron chi connectivity index (χ0n) is 12.4. The van der Waals surface area contributed by atoms with Gasteiger partial charge in [0.25, 0.3) is 0 Å². The molecule has 0 aliphatic carbocycles. The number of nitrogens with zero attached hydrogens (tertiary/aromatic N) is 2. The van der Waals surface area contributed by atoms with Crippen molar-refractivity contribution < 1.29 is 4.79 Å². The van der Waals surface area contributed by atoms with Crippen molar-refractivity contribution in [3.05, 3.63) is 33.9 Å². The van der Waals surface area contributed by atoms with Gasteiger partial charge in [0.15, 0.2) is 0 Å². The molecule has 0 N–H and O–H groups in total. The Kier molecular flexibility index (Phi) is 3.85. The van der Waals surface area contributed by atoms with Crippen LogP contribution in [0.15, 0.2) is 29.1 Å². The standard InChI is InChI=1S/C16H20N2O2S/c1-11-7-5-6-10-17(11)15(19)12(2)18-13-8-3-4-9-14(13)21-16(18)20/h3-4,8-9,11-12H,5-7,10H2,1-2H3. The van der Waals surface area contributed by atoms with Crippen LogP contribution in [-0.4, -0.2) is 28.0 Å². The van der Waals surface area contributed by atoms with Crippen LogP contribution in [0.2, 0.25) is 0 Å². The summed E-state index contributed by atoms with van der Waals surface area (Å²) in [4.78, 5) is 26.9. The molecule has 1 aliphatic heterocycles. The first-order valence-electron chi connectivity index (χ1n) is 7.50. The molecule has 1 saturated heterocycles. The first-order chi connectivity index (χ1) is 10.1. The molecule has 2 aromatic rings. The van der Waals surface area contributed by atoms with E-state index in [1.165, 1.54) is 17.8 Å². The number of fused-ring (bicyclic) bond motifs is 1. The summed E-state index contributed by atoms with van der Waals surface area (Å²) in [7, 11) is 0. The molecule has 2 atom stereocenters. The van der Waals surface area contributed by atoms with Crippen molar-refractivity contribution >= 4 is 27.5 Å². The molecule has 1 aromatic carbocycles. The summed E-state index contributed by atoms with van der Waals surface area (Å²) in [5.41, 5.74) is 0.859. The average Bonchev–Trinajstić information content (AvgIpc) is 2.82. The van der Waals surface area contributed by atoms with Gasteiger partial charge in [-0.05, 0) is 45.2 Å². The van der Waals surface area contributed by atoms with Gasteiger partial charge in [-0.2, -0.15) is 0 Å². The number of aromatic nitrogens is 1. The van der Waals surface area contributed by atoms with Crippen LogP contribution in [0.5, 0.6) is 0 Å². The van der Waals surface area contributed by atoms with Gasteiger partial charge in [-0.3, -0.25) is 14.2 Å². The van der Waals surface area contributed by atoms with Crippen molar-refractivity contribution in [2.24, 2.45) is 0 Å². The van der Waals surface area contributed by atoms with Gasteiger partial charge in [-0.25, -0.2) is 0 Å². The van der Waals surface area contributed by atoms with Gasteiger partial charge >= 0.3 is 4.87 Å². The van der Waals surface area contributed by atoms with E-state index in [0.717, 1.165) is 29.6 Å². The Hall–Kier alpha value is -1.62. The molecule has 5 heteroatoms. The number of hydrogen-bond donors (Lipinski definition) is 0. The van der Waals surface area contributed by atoms with Crippen molar-refractivity contribution in [1.82, 2.24) is 9.47 Å². The van der Waals surface area contributed by atoms with Crippen molar-refractivity contribution in [3.8, 4) is 0 Å². The number of carbonyl (C=O) groups excluding carboxylic acids is 1. The molecular weight excluding hydrogens is 284 g/mol. The third kappa shape index (κ3) is 2.50. The molecular formula is C16H20N2O2S. The van der Waals surface area contributed by atoms with Gasteiger partial charge in [0.05, 0.1) is 10.2 Å². The highest BCUT2D eigenvalue weighted by Crippen LogP contribution is 2.24. The molecule has 112 valence electrons. The Bertz CT molecular complexity index is 718. The summed E-state index contributed by atoms with van der Waals surface area (Å²) in [5, 5.41) is 0. The number of piperidine rings is 1. The molecule has 0 bridgehead atoms. The number of benzene rings is 1. The first kappa shape index (κ1) is 14.3. The van der Waals surface area contributed by atoms with Crippen LogP contribution in [0, 0.1) is 0 Å². The number of hydrogen-bond acceptors (Lipinski definition) is 3. The average molecular weight is 304 g/mol. The molecule has 0 spiro atoms. The molecule has 2 unspecified atom stereocenters. The van der Waals surface area contributed by atoms with E-state index in [1.807, 2.05) is 36.1 Å². The van der Waals surface area contributed by atoms with E-state index in [4.69, 9.17) is 0 Å². The highest BCUT2D eigenvalue weighted by Gasteiger charge is 2.29. The van der Waals surface area contributed by atoms with Crippen molar-refractivity contribution in [3.63, 3.8) is 0 Å². The lowest BCUT2D eigenvalue weighted by molar-refractivity contribution is -0.137. The van der Waals surface area contributed by atoms with E-state index in [0.29, 0.717) is 0 Å². The van der Waals surface area contributed by atoms with Crippen LogP contribution < -0.4 is 4.87 Å². The Balaban J connectivity index is 1.96. The summed E-state index contributed by atoms with van der Waals surface area (Å²) >= 11 is 1.21. The highest BCUT2D eigenvalue weighted by atomic mass is 32.1. The highest BCUT2D eigenvalue weighted by molar-refractivity contribution is 7.16. The minimum atomic E-state index is -0.436. The number of thiazole rings is 1. The van der Waals surface area contributed by atoms with Crippen LogP contribution in [0.1, 0.15) is 39.2 Å². The number of carbonyl (C=O) groups is 1. The Morgan fingerprint density at radius 1 is 1.33 bits per heavy atom. The maximum atomic E-state index is 12.8. The summed E-state index contributed by atoms with van der Waals surface area (Å²) in [6.07, 6.45) is 3.29. The van der Waals surface area contributed by atoms with E-state index >= 15 is 0 Å². The molecule has 1 aliphatic rings. The van der Waals surface area contributed by atoms with Crippen LogP contribution in [0.25, 0.3) is 10.2 Å². The molecule has 0 radical (unpaired) electrons. The van der Waals surface area contributed by atoms with E-state index < -0.39 is 6.04 Å². The third-order valence-corrected chi connectivity index (χ3v) is 5.29. The van der Waals surface area contributed by atoms with Crippen molar-refractivity contribution in [1.29, 1.82) is 0 Å². The number of amides is 1. The predicted molar refractivity (Wildman–Crippen MR) is 85.8 cm³/mol. The normalized spacial score (nSPS) is 20.7. The Morgan fingerprint density at radius 3 is 2.86 bits per heavy atom. The molecule has 3 rings (SSSR count). The molecule has 21 heavy (non-hydrogen) atoms. The van der Waals surface area contributed by atoms with Crippen molar-refractivity contribution in [2.75, 3.05) is 6.54 Å². The van der Waals surface area contributed by atoms with E-state index in [-0.39, 0.29) is 16.8 Å². The molecule has 0 saturated carbocycles. The maximum absolute atomic E-state index is 12.8. The lowest BCUT2D eigenvalue weighted by Gasteiger charge is -2.35. The zero-order valence-corrected chi connectivity index (χ0v) is 13.2. The number of rotatable bonds is 2. The fourth-order valence-corrected chi connectivity index (χ4v) is 4.09. The second-order valence-electron chi connectivity index (χ2n) is 5.76. The van der Waals surface area contributed by atoms with Gasteiger partial charge in [-0.15, -0.1) is 0 Å². The lowest BCUT2D eigenvalue weighted by Crippen LogP contribution is -2.45. The second kappa shape index (κ2) is 5.64. The van der Waals surface area contributed by atoms with Gasteiger partial charge in [0, 0.05) is 12.6 Å². The van der Waals surface area contributed by atoms with Crippen LogP contribution in [-0.2, 0) is 4.79 Å². The minimum absolute atomic E-state index is 0.0540. The van der Waals surface area contributed by atoms with E-state index in [2.05, 4.69) is 6.92 Å². The van der Waals surface area contributed by atoms with Crippen LogP contribution in [0.3, 0.4) is 0 Å². The molecule has 4 nitrogen and oxygen atoms in total. The summed E-state index contributed by atoms with van der Waals surface area (Å²) in [6, 6.07) is 7.51. The second-order valence-corrected chi connectivity index (χ2v) is 6.75. The fraction of sp³-hybridized carbons (Fsp3) is 0.500. The monoisotopic (exact) mass is 304 g/mol. The number of likely N-dealkylation sites (tertiary alicyclic amines) is 1. The van der Waals surface area contributed by atoms with Gasteiger partial charge in [0.2, 0.25) is 5.91 Å². The summed E-state index contributed by atoms with van der Waals surface area (Å²) in [6.45, 7) is 4.74. The predicted octanol–water partition coefficient (Wildman–Crippen LogP) is 3.03. The first-order valence-corrected chi connectivity index (χ1v) is 8.32. The summed E-state index contributed by atoms with van der Waals surface area (Å²) in [5.74, 6) is 0.0628. The maximum Gasteiger partial charge on any atom is 0.308 e. The van der Waals surface area contributed by atoms with Gasteiger partial charge < -0.3 is 4.90 Å². The van der Waals surface area contributed by atoms with E-state index in [9.17, 15) is 9.59 Å². The topological polar surface area (TPSA) is 42.3 Å². The van der Waals surface area contributed by atoms with Crippen molar-refractivity contribution in [2.45, 2.75) is 45.2 Å². The molecule has 1 aromatic heterocycles. The van der Waals surface area contributed by atoms with Crippen LogP contribution >= 0.6 is 11.3 Å². The quantitative estimate of drug-likeness (QED) is 0.856. The number of para-hydroxylation sites is 1. The Morgan fingerprint density at radius 2 is 2.10 bits per heavy atom. The van der Waals surface area contributed by atoms with E-state index in [1.54, 1.807) is 4.57 Å². The third-order valence-electron chi connectivity index (χ3n) is 4.35. The largest absolute Gasteiger partial charge is 0.338 e. The summed E-state index contributed by atoms with van der Waals surface area (Å²) < 4.78 is 2.58. The SMILES string of the molecule is CC1CCCCN1C(=O)C(C)n1c(=O)sc2ccccc21. The smallest absolute Gasteiger partial charge is 0.308 e. The molecule has 1 amide bonds. The van der Waals surface area contributed by atoms with Gasteiger partial charge in [0.1, 0.15) is 6.04 Å². The van der Waals surface area contributed by atoms with Crippen LogP contribution in [0.4, 0.5) is 0 Å².